The Hall–Kier alpha value is -1.55. The zero-order chi connectivity index (χ0) is 13.5. The minimum absolute atomic E-state index is 0.0415. The molecule has 0 radical (unpaired) electrons. The average molecular weight is 250 g/mol. The Bertz CT molecular complexity index is 389. The standard InChI is InChI=1S/C14H22N2O2/c1-10(2)16-14(17)9-18-13-6-4-5-12(8-13)7-11(3)15/h4-6,8,10-11H,7,9,15H2,1-3H3,(H,16,17). The molecule has 0 saturated carbocycles. The van der Waals surface area contributed by atoms with Crippen molar-refractivity contribution in [3.63, 3.8) is 0 Å². The van der Waals surface area contributed by atoms with Crippen molar-refractivity contribution in [2.24, 2.45) is 5.73 Å². The predicted octanol–water partition coefficient (Wildman–Crippen LogP) is 1.48. The fourth-order valence-electron chi connectivity index (χ4n) is 1.65. The van der Waals surface area contributed by atoms with Gasteiger partial charge in [0.1, 0.15) is 5.75 Å². The summed E-state index contributed by atoms with van der Waals surface area (Å²) < 4.78 is 5.44. The molecule has 0 bridgehead atoms. The van der Waals surface area contributed by atoms with Crippen molar-refractivity contribution in [1.29, 1.82) is 0 Å². The molecule has 1 amide bonds. The van der Waals surface area contributed by atoms with E-state index in [-0.39, 0.29) is 24.6 Å². The summed E-state index contributed by atoms with van der Waals surface area (Å²) in [5.74, 6) is 0.592. The van der Waals surface area contributed by atoms with Crippen LogP contribution in [0, 0.1) is 0 Å². The molecule has 0 fully saturated rings. The first-order chi connectivity index (χ1) is 8.47. The average Bonchev–Trinajstić information content (AvgIpc) is 2.25. The number of hydrogen-bond acceptors (Lipinski definition) is 3. The third-order valence-electron chi connectivity index (χ3n) is 2.28. The molecule has 1 atom stereocenters. The van der Waals surface area contributed by atoms with E-state index in [0.717, 1.165) is 12.0 Å². The normalized spacial score (nSPS) is 12.3. The van der Waals surface area contributed by atoms with Crippen LogP contribution in [0.1, 0.15) is 26.3 Å². The smallest absolute Gasteiger partial charge is 0.258 e. The number of amides is 1. The van der Waals surface area contributed by atoms with Gasteiger partial charge >= 0.3 is 0 Å². The highest BCUT2D eigenvalue weighted by Crippen LogP contribution is 2.14. The Morgan fingerprint density at radius 1 is 1.39 bits per heavy atom. The van der Waals surface area contributed by atoms with Crippen molar-refractivity contribution in [3.05, 3.63) is 29.8 Å². The van der Waals surface area contributed by atoms with Gasteiger partial charge in [-0.15, -0.1) is 0 Å². The van der Waals surface area contributed by atoms with E-state index in [4.69, 9.17) is 10.5 Å². The largest absolute Gasteiger partial charge is 0.484 e. The number of ether oxygens (including phenoxy) is 1. The van der Waals surface area contributed by atoms with Gasteiger partial charge in [0.25, 0.3) is 5.91 Å². The van der Waals surface area contributed by atoms with Crippen LogP contribution < -0.4 is 15.8 Å². The van der Waals surface area contributed by atoms with E-state index in [1.807, 2.05) is 45.0 Å². The minimum Gasteiger partial charge on any atom is -0.484 e. The van der Waals surface area contributed by atoms with Gasteiger partial charge in [0.05, 0.1) is 0 Å². The lowest BCUT2D eigenvalue weighted by molar-refractivity contribution is -0.123. The Morgan fingerprint density at radius 2 is 2.11 bits per heavy atom. The molecule has 18 heavy (non-hydrogen) atoms. The molecular weight excluding hydrogens is 228 g/mol. The van der Waals surface area contributed by atoms with Gasteiger partial charge in [-0.2, -0.15) is 0 Å². The van der Waals surface area contributed by atoms with E-state index in [0.29, 0.717) is 5.75 Å². The second-order valence-electron chi connectivity index (χ2n) is 4.84. The summed E-state index contributed by atoms with van der Waals surface area (Å²) in [6.45, 7) is 5.84. The minimum atomic E-state index is -0.109. The number of rotatable bonds is 6. The highest BCUT2D eigenvalue weighted by Gasteiger charge is 2.05. The maximum Gasteiger partial charge on any atom is 0.258 e. The summed E-state index contributed by atoms with van der Waals surface area (Å²) in [5.41, 5.74) is 6.86. The second kappa shape index (κ2) is 7.01. The molecular formula is C14H22N2O2. The van der Waals surface area contributed by atoms with Crippen LogP contribution in [-0.2, 0) is 11.2 Å². The lowest BCUT2D eigenvalue weighted by Gasteiger charge is -2.11. The van der Waals surface area contributed by atoms with E-state index in [2.05, 4.69) is 5.32 Å². The third kappa shape index (κ3) is 5.68. The van der Waals surface area contributed by atoms with Crippen LogP contribution in [0.5, 0.6) is 5.75 Å². The molecule has 4 heteroatoms. The molecule has 3 N–H and O–H groups in total. The maximum atomic E-state index is 11.4. The fourth-order valence-corrected chi connectivity index (χ4v) is 1.65. The van der Waals surface area contributed by atoms with E-state index in [1.165, 1.54) is 0 Å². The molecule has 100 valence electrons. The van der Waals surface area contributed by atoms with E-state index in [9.17, 15) is 4.79 Å². The van der Waals surface area contributed by atoms with Crippen molar-refractivity contribution in [2.45, 2.75) is 39.3 Å². The highest BCUT2D eigenvalue weighted by atomic mass is 16.5. The van der Waals surface area contributed by atoms with Gasteiger partial charge in [-0.25, -0.2) is 0 Å². The number of carbonyl (C=O) groups excluding carboxylic acids is 1. The van der Waals surface area contributed by atoms with Gasteiger partial charge in [-0.3, -0.25) is 4.79 Å². The van der Waals surface area contributed by atoms with Crippen LogP contribution in [-0.4, -0.2) is 24.6 Å². The lowest BCUT2D eigenvalue weighted by atomic mass is 10.1. The van der Waals surface area contributed by atoms with E-state index < -0.39 is 0 Å². The van der Waals surface area contributed by atoms with Crippen molar-refractivity contribution in [2.75, 3.05) is 6.61 Å². The summed E-state index contributed by atoms with van der Waals surface area (Å²) in [6.07, 6.45) is 0.801. The highest BCUT2D eigenvalue weighted by molar-refractivity contribution is 5.77. The number of hydrogen-bond donors (Lipinski definition) is 2. The SMILES string of the molecule is CC(N)Cc1cccc(OCC(=O)NC(C)C)c1. The van der Waals surface area contributed by atoms with Crippen molar-refractivity contribution < 1.29 is 9.53 Å². The Morgan fingerprint density at radius 3 is 2.72 bits per heavy atom. The molecule has 0 aromatic heterocycles. The van der Waals surface area contributed by atoms with Crippen LogP contribution >= 0.6 is 0 Å². The second-order valence-corrected chi connectivity index (χ2v) is 4.84. The molecule has 1 aromatic rings. The quantitative estimate of drug-likeness (QED) is 0.803. The number of carbonyl (C=O) groups is 1. The van der Waals surface area contributed by atoms with Crippen molar-refractivity contribution in [1.82, 2.24) is 5.32 Å². The molecule has 0 spiro atoms. The van der Waals surface area contributed by atoms with Crippen LogP contribution in [0.4, 0.5) is 0 Å². The monoisotopic (exact) mass is 250 g/mol. The van der Waals surface area contributed by atoms with Gasteiger partial charge in [0.2, 0.25) is 0 Å². The van der Waals surface area contributed by atoms with Crippen LogP contribution in [0.2, 0.25) is 0 Å². The topological polar surface area (TPSA) is 64.3 Å². The van der Waals surface area contributed by atoms with Gasteiger partial charge in [-0.05, 0) is 44.9 Å². The summed E-state index contributed by atoms with van der Waals surface area (Å²) in [7, 11) is 0. The summed E-state index contributed by atoms with van der Waals surface area (Å²) in [4.78, 5) is 11.4. The Kier molecular flexibility index (Phi) is 5.65. The number of nitrogens with one attached hydrogen (secondary N) is 1. The summed E-state index contributed by atoms with van der Waals surface area (Å²) in [6, 6.07) is 7.92. The van der Waals surface area contributed by atoms with Crippen LogP contribution in [0.3, 0.4) is 0 Å². The Balaban J connectivity index is 2.49. The van der Waals surface area contributed by atoms with Crippen LogP contribution in [0.25, 0.3) is 0 Å². The number of nitrogens with two attached hydrogens (primary N) is 1. The molecule has 0 heterocycles. The molecule has 0 aliphatic heterocycles. The summed E-state index contributed by atoms with van der Waals surface area (Å²) in [5, 5.41) is 2.78. The van der Waals surface area contributed by atoms with Gasteiger partial charge in [0.15, 0.2) is 6.61 Å². The predicted molar refractivity (Wildman–Crippen MR) is 72.6 cm³/mol. The lowest BCUT2D eigenvalue weighted by Crippen LogP contribution is -2.34. The fraction of sp³-hybridized carbons (Fsp3) is 0.500. The van der Waals surface area contributed by atoms with E-state index in [1.54, 1.807) is 0 Å². The first-order valence-corrected chi connectivity index (χ1v) is 6.24. The zero-order valence-corrected chi connectivity index (χ0v) is 11.3. The van der Waals surface area contributed by atoms with Gasteiger partial charge < -0.3 is 15.8 Å². The zero-order valence-electron chi connectivity index (χ0n) is 11.3. The molecule has 0 aliphatic rings. The molecule has 1 unspecified atom stereocenters. The van der Waals surface area contributed by atoms with Gasteiger partial charge in [0, 0.05) is 12.1 Å². The van der Waals surface area contributed by atoms with Crippen molar-refractivity contribution >= 4 is 5.91 Å². The number of benzene rings is 1. The van der Waals surface area contributed by atoms with Crippen LogP contribution in [0.15, 0.2) is 24.3 Å². The first kappa shape index (κ1) is 14.5. The van der Waals surface area contributed by atoms with Gasteiger partial charge in [-0.1, -0.05) is 12.1 Å². The Labute approximate surface area is 109 Å². The molecule has 0 saturated heterocycles. The maximum absolute atomic E-state index is 11.4. The first-order valence-electron chi connectivity index (χ1n) is 6.24. The molecule has 1 aromatic carbocycles. The van der Waals surface area contributed by atoms with E-state index >= 15 is 0 Å². The molecule has 0 aliphatic carbocycles. The third-order valence-corrected chi connectivity index (χ3v) is 2.28. The summed E-state index contributed by atoms with van der Waals surface area (Å²) >= 11 is 0. The molecule has 4 nitrogen and oxygen atoms in total. The molecule has 1 rings (SSSR count). The van der Waals surface area contributed by atoms with Crippen molar-refractivity contribution in [3.8, 4) is 5.75 Å².